The van der Waals surface area contributed by atoms with Crippen molar-refractivity contribution in [3.63, 3.8) is 0 Å². The Bertz CT molecular complexity index is 331. The first-order valence-corrected chi connectivity index (χ1v) is 5.20. The highest BCUT2D eigenvalue weighted by Crippen LogP contribution is 1.83. The van der Waals surface area contributed by atoms with Gasteiger partial charge >= 0.3 is 12.0 Å². The minimum atomic E-state index is -1.17. The van der Waals surface area contributed by atoms with Gasteiger partial charge in [0, 0.05) is 13.0 Å². The Morgan fingerprint density at radius 3 is 2.22 bits per heavy atom. The molecule has 6 N–H and O–H groups in total. The van der Waals surface area contributed by atoms with E-state index in [0.717, 1.165) is 0 Å². The molecule has 18 heavy (non-hydrogen) atoms. The van der Waals surface area contributed by atoms with E-state index >= 15 is 0 Å². The number of carboxylic acid groups (broad SMARTS) is 1. The van der Waals surface area contributed by atoms with E-state index in [2.05, 4.69) is 16.0 Å². The van der Waals surface area contributed by atoms with Crippen LogP contribution in [0.1, 0.15) is 12.8 Å². The van der Waals surface area contributed by atoms with Gasteiger partial charge in [-0.15, -0.1) is 0 Å². The van der Waals surface area contributed by atoms with Crippen LogP contribution in [0.2, 0.25) is 0 Å². The van der Waals surface area contributed by atoms with Gasteiger partial charge in [-0.3, -0.25) is 14.4 Å². The molecule has 0 aromatic heterocycles. The molecule has 0 rings (SSSR count). The van der Waals surface area contributed by atoms with Crippen LogP contribution in [-0.2, 0) is 14.4 Å². The highest BCUT2D eigenvalue weighted by molar-refractivity contribution is 5.86. The van der Waals surface area contributed by atoms with E-state index in [0.29, 0.717) is 6.42 Å². The van der Waals surface area contributed by atoms with Crippen molar-refractivity contribution in [1.29, 1.82) is 0 Å². The number of carbonyl (C=O) groups is 4. The van der Waals surface area contributed by atoms with Crippen molar-refractivity contribution in [2.45, 2.75) is 12.8 Å². The van der Waals surface area contributed by atoms with E-state index in [9.17, 15) is 19.2 Å². The Hall–Kier alpha value is -2.32. The lowest BCUT2D eigenvalue weighted by Crippen LogP contribution is -2.43. The number of amides is 4. The van der Waals surface area contributed by atoms with Gasteiger partial charge < -0.3 is 26.8 Å². The number of primary amides is 1. The second kappa shape index (κ2) is 8.79. The van der Waals surface area contributed by atoms with Gasteiger partial charge in [0.15, 0.2) is 0 Å². The SMILES string of the molecule is NC(=O)CCCNC(=O)NCC(=O)NCC(=O)O. The van der Waals surface area contributed by atoms with Crippen LogP contribution in [0.3, 0.4) is 0 Å². The maximum atomic E-state index is 11.1. The third kappa shape index (κ3) is 10.2. The van der Waals surface area contributed by atoms with E-state index < -0.39 is 30.4 Å². The number of nitrogens with one attached hydrogen (secondary N) is 3. The molecule has 0 atom stereocenters. The van der Waals surface area contributed by atoms with Crippen LogP contribution in [0.15, 0.2) is 0 Å². The first kappa shape index (κ1) is 15.7. The molecular weight excluding hydrogens is 244 g/mol. The molecule has 4 amide bonds. The van der Waals surface area contributed by atoms with E-state index in [1.807, 2.05) is 0 Å². The van der Waals surface area contributed by atoms with E-state index in [4.69, 9.17) is 10.8 Å². The molecule has 102 valence electrons. The van der Waals surface area contributed by atoms with Crippen molar-refractivity contribution in [3.05, 3.63) is 0 Å². The topological polar surface area (TPSA) is 151 Å². The fourth-order valence-electron chi connectivity index (χ4n) is 0.924. The average Bonchev–Trinajstić information content (AvgIpc) is 2.29. The molecular formula is C9H16N4O5. The van der Waals surface area contributed by atoms with Crippen LogP contribution in [0.4, 0.5) is 4.79 Å². The summed E-state index contributed by atoms with van der Waals surface area (Å²) in [5, 5.41) is 15.0. The summed E-state index contributed by atoms with van der Waals surface area (Å²) in [6, 6.07) is -0.579. The quantitative estimate of drug-likeness (QED) is 0.312. The van der Waals surface area contributed by atoms with Gasteiger partial charge in [-0.25, -0.2) is 4.79 Å². The van der Waals surface area contributed by atoms with Crippen LogP contribution in [0, 0.1) is 0 Å². The summed E-state index contributed by atoms with van der Waals surface area (Å²) in [4.78, 5) is 42.6. The highest BCUT2D eigenvalue weighted by Gasteiger charge is 2.06. The summed E-state index contributed by atoms with van der Waals surface area (Å²) >= 11 is 0. The molecule has 9 nitrogen and oxygen atoms in total. The van der Waals surface area contributed by atoms with Gasteiger partial charge in [0.1, 0.15) is 6.54 Å². The zero-order valence-corrected chi connectivity index (χ0v) is 9.69. The predicted molar refractivity (Wildman–Crippen MR) is 60.5 cm³/mol. The van der Waals surface area contributed by atoms with Crippen molar-refractivity contribution in [2.24, 2.45) is 5.73 Å². The standard InChI is InChI=1S/C9H16N4O5/c10-6(14)2-1-3-11-9(18)13-4-7(15)12-5-8(16)17/h1-5H2,(H2,10,14)(H,12,15)(H,16,17)(H2,11,13,18). The number of rotatable bonds is 8. The summed E-state index contributed by atoms with van der Waals surface area (Å²) in [6.45, 7) is -0.568. The Morgan fingerprint density at radius 2 is 1.67 bits per heavy atom. The molecule has 0 aromatic rings. The zero-order valence-electron chi connectivity index (χ0n) is 9.69. The minimum absolute atomic E-state index is 0.166. The average molecular weight is 260 g/mol. The molecule has 0 aromatic carbocycles. The van der Waals surface area contributed by atoms with Gasteiger partial charge in [-0.1, -0.05) is 0 Å². The Morgan fingerprint density at radius 1 is 1.00 bits per heavy atom. The number of aliphatic carboxylic acids is 1. The maximum Gasteiger partial charge on any atom is 0.322 e. The first-order valence-electron chi connectivity index (χ1n) is 5.20. The molecule has 0 spiro atoms. The molecule has 0 aliphatic heterocycles. The maximum absolute atomic E-state index is 11.1. The zero-order chi connectivity index (χ0) is 14.0. The van der Waals surface area contributed by atoms with E-state index in [1.54, 1.807) is 0 Å². The third-order valence-electron chi connectivity index (χ3n) is 1.73. The van der Waals surface area contributed by atoms with E-state index in [1.165, 1.54) is 0 Å². The molecule has 0 unspecified atom stereocenters. The van der Waals surface area contributed by atoms with Gasteiger partial charge in [-0.05, 0) is 6.42 Å². The highest BCUT2D eigenvalue weighted by atomic mass is 16.4. The Kier molecular flexibility index (Phi) is 7.66. The summed E-state index contributed by atoms with van der Waals surface area (Å²) in [5.41, 5.74) is 4.90. The fourth-order valence-corrected chi connectivity index (χ4v) is 0.924. The van der Waals surface area contributed by atoms with Crippen LogP contribution in [0.25, 0.3) is 0 Å². The summed E-state index contributed by atoms with van der Waals surface area (Å²) in [7, 11) is 0. The molecule has 0 radical (unpaired) electrons. The van der Waals surface area contributed by atoms with Gasteiger partial charge in [-0.2, -0.15) is 0 Å². The second-order valence-electron chi connectivity index (χ2n) is 3.35. The smallest absolute Gasteiger partial charge is 0.322 e. The van der Waals surface area contributed by atoms with Crippen molar-refractivity contribution >= 4 is 23.8 Å². The molecule has 9 heteroatoms. The summed E-state index contributed by atoms with van der Waals surface area (Å²) in [6.07, 6.45) is 0.577. The first-order chi connectivity index (χ1) is 8.41. The molecule has 0 heterocycles. The Balaban J connectivity index is 3.54. The molecule has 0 fully saturated rings. The van der Waals surface area contributed by atoms with Gasteiger partial charge in [0.05, 0.1) is 6.54 Å². The third-order valence-corrected chi connectivity index (χ3v) is 1.73. The molecule has 0 saturated carbocycles. The van der Waals surface area contributed by atoms with Crippen molar-refractivity contribution in [1.82, 2.24) is 16.0 Å². The van der Waals surface area contributed by atoms with Crippen LogP contribution in [0.5, 0.6) is 0 Å². The minimum Gasteiger partial charge on any atom is -0.480 e. The monoisotopic (exact) mass is 260 g/mol. The molecule has 0 aliphatic carbocycles. The summed E-state index contributed by atoms with van der Waals surface area (Å²) < 4.78 is 0. The lowest BCUT2D eigenvalue weighted by atomic mass is 10.3. The van der Waals surface area contributed by atoms with Crippen molar-refractivity contribution in [2.75, 3.05) is 19.6 Å². The fraction of sp³-hybridized carbons (Fsp3) is 0.556. The Labute approximate surface area is 103 Å². The van der Waals surface area contributed by atoms with Crippen LogP contribution in [-0.4, -0.2) is 48.6 Å². The summed E-state index contributed by atoms with van der Waals surface area (Å²) in [5.74, 6) is -2.23. The van der Waals surface area contributed by atoms with Gasteiger partial charge in [0.2, 0.25) is 11.8 Å². The van der Waals surface area contributed by atoms with Crippen molar-refractivity contribution in [3.8, 4) is 0 Å². The normalized spacial score (nSPS) is 9.33. The predicted octanol–water partition coefficient (Wildman–Crippen LogP) is -2.25. The number of carbonyl (C=O) groups excluding carboxylic acids is 3. The lowest BCUT2D eigenvalue weighted by Gasteiger charge is -2.06. The van der Waals surface area contributed by atoms with Crippen molar-refractivity contribution < 1.29 is 24.3 Å². The largest absolute Gasteiger partial charge is 0.480 e. The number of carboxylic acids is 1. The molecule has 0 bridgehead atoms. The number of urea groups is 1. The van der Waals surface area contributed by atoms with Gasteiger partial charge in [0.25, 0.3) is 0 Å². The van der Waals surface area contributed by atoms with Crippen LogP contribution >= 0.6 is 0 Å². The number of hydrogen-bond acceptors (Lipinski definition) is 4. The number of nitrogens with two attached hydrogens (primary N) is 1. The second-order valence-corrected chi connectivity index (χ2v) is 3.35. The number of hydrogen-bond donors (Lipinski definition) is 5. The van der Waals surface area contributed by atoms with Crippen LogP contribution < -0.4 is 21.7 Å². The molecule has 0 aliphatic rings. The molecule has 0 saturated heterocycles. The van der Waals surface area contributed by atoms with E-state index in [-0.39, 0.29) is 19.5 Å². The lowest BCUT2D eigenvalue weighted by molar-refractivity contribution is -0.137.